The summed E-state index contributed by atoms with van der Waals surface area (Å²) in [6.07, 6.45) is 2.59. The van der Waals surface area contributed by atoms with Crippen LogP contribution in [-0.2, 0) is 11.8 Å². The van der Waals surface area contributed by atoms with Crippen LogP contribution in [0.2, 0.25) is 0 Å². The van der Waals surface area contributed by atoms with Crippen LogP contribution in [0.4, 0.5) is 0 Å². The van der Waals surface area contributed by atoms with Gasteiger partial charge < -0.3 is 0 Å². The fourth-order valence-corrected chi connectivity index (χ4v) is 3.18. The van der Waals surface area contributed by atoms with Crippen LogP contribution in [0.5, 0.6) is 0 Å². The Bertz CT molecular complexity index is 422. The number of hydrogen-bond acceptors (Lipinski definition) is 0. The molecule has 15 heavy (non-hydrogen) atoms. The van der Waals surface area contributed by atoms with E-state index >= 15 is 0 Å². The minimum Gasteiger partial charge on any atom is -0.0558 e. The van der Waals surface area contributed by atoms with Gasteiger partial charge in [0.15, 0.2) is 0 Å². The minimum absolute atomic E-state index is 0.392. The third-order valence-corrected chi connectivity index (χ3v) is 4.49. The molecule has 0 spiro atoms. The van der Waals surface area contributed by atoms with Crippen LogP contribution in [-0.4, -0.2) is 0 Å². The average Bonchev–Trinajstić information content (AvgIpc) is 2.48. The first-order valence-electron chi connectivity index (χ1n) is 5.96. The molecule has 0 N–H and O–H groups in total. The molecule has 82 valence electrons. The Morgan fingerprint density at radius 1 is 0.800 bits per heavy atom. The molecule has 0 nitrogen and oxygen atoms in total. The van der Waals surface area contributed by atoms with E-state index in [-0.39, 0.29) is 0 Å². The van der Waals surface area contributed by atoms with E-state index in [1.807, 2.05) is 0 Å². The zero-order valence-corrected chi connectivity index (χ0v) is 10.9. The molecule has 1 aliphatic rings. The Morgan fingerprint density at radius 2 is 1.33 bits per heavy atom. The van der Waals surface area contributed by atoms with Crippen molar-refractivity contribution in [2.75, 3.05) is 0 Å². The fourth-order valence-electron chi connectivity index (χ4n) is 3.18. The Labute approximate surface area is 93.7 Å². The molecule has 0 unspecified atom stereocenters. The molecule has 0 heterocycles. The lowest BCUT2D eigenvalue weighted by Gasteiger charge is -2.24. The molecule has 0 amide bonds. The van der Waals surface area contributed by atoms with E-state index in [0.717, 1.165) is 0 Å². The second kappa shape index (κ2) is 3.10. The molecule has 0 radical (unpaired) electrons. The summed E-state index contributed by atoms with van der Waals surface area (Å²) in [7, 11) is 0. The Morgan fingerprint density at radius 3 is 1.93 bits per heavy atom. The summed E-state index contributed by atoms with van der Waals surface area (Å²) in [6.45, 7) is 13.9. The lowest BCUT2D eigenvalue weighted by molar-refractivity contribution is 0.519. The molecule has 1 aromatic rings. The largest absolute Gasteiger partial charge is 0.0558 e. The predicted molar refractivity (Wildman–Crippen MR) is 66.7 cm³/mol. The highest BCUT2D eigenvalue weighted by Crippen LogP contribution is 2.43. The maximum Gasteiger partial charge on any atom is -0.00948 e. The quantitative estimate of drug-likeness (QED) is 0.593. The molecular weight excluding hydrogens is 180 g/mol. The summed E-state index contributed by atoms with van der Waals surface area (Å²) in [6, 6.07) is 0. The van der Waals surface area contributed by atoms with Gasteiger partial charge in [0.1, 0.15) is 0 Å². The van der Waals surface area contributed by atoms with E-state index < -0.39 is 0 Å². The van der Waals surface area contributed by atoms with Crippen molar-refractivity contribution in [2.45, 2.75) is 59.8 Å². The van der Waals surface area contributed by atoms with Crippen LogP contribution < -0.4 is 0 Å². The van der Waals surface area contributed by atoms with Gasteiger partial charge in [0.05, 0.1) is 0 Å². The van der Waals surface area contributed by atoms with Gasteiger partial charge >= 0.3 is 0 Å². The molecule has 0 atom stereocenters. The van der Waals surface area contributed by atoms with Crippen molar-refractivity contribution in [1.82, 2.24) is 0 Å². The predicted octanol–water partition coefficient (Wildman–Crippen LogP) is 4.14. The molecule has 0 fully saturated rings. The van der Waals surface area contributed by atoms with Gasteiger partial charge in [-0.25, -0.2) is 0 Å². The van der Waals surface area contributed by atoms with Gasteiger partial charge in [0.25, 0.3) is 0 Å². The number of hydrogen-bond donors (Lipinski definition) is 0. The van der Waals surface area contributed by atoms with E-state index in [1.54, 1.807) is 16.7 Å². The lowest BCUT2D eigenvalue weighted by atomic mass is 9.80. The molecule has 0 bridgehead atoms. The van der Waals surface area contributed by atoms with E-state index in [9.17, 15) is 0 Å². The third kappa shape index (κ3) is 1.34. The normalized spacial score (nSPS) is 18.0. The van der Waals surface area contributed by atoms with Crippen LogP contribution in [0.15, 0.2) is 0 Å². The Kier molecular flexibility index (Phi) is 2.22. The van der Waals surface area contributed by atoms with E-state index in [2.05, 4.69) is 41.5 Å². The Balaban J connectivity index is 2.82. The monoisotopic (exact) mass is 202 g/mol. The molecule has 2 rings (SSSR count). The zero-order chi connectivity index (χ0) is 11.4. The van der Waals surface area contributed by atoms with Gasteiger partial charge in [-0.15, -0.1) is 0 Å². The van der Waals surface area contributed by atoms with Gasteiger partial charge in [-0.1, -0.05) is 13.8 Å². The van der Waals surface area contributed by atoms with Crippen molar-refractivity contribution >= 4 is 0 Å². The summed E-state index contributed by atoms with van der Waals surface area (Å²) in [5.74, 6) is 0. The van der Waals surface area contributed by atoms with Gasteiger partial charge in [-0.05, 0) is 79.3 Å². The number of benzene rings is 1. The summed E-state index contributed by atoms with van der Waals surface area (Å²) >= 11 is 0. The van der Waals surface area contributed by atoms with Gasteiger partial charge in [0, 0.05) is 0 Å². The van der Waals surface area contributed by atoms with Crippen LogP contribution in [0.25, 0.3) is 0 Å². The standard InChI is InChI=1S/C15H22/c1-9-10(2)12(4)14-13(11(9)3)7-8-15(14,5)6/h7-8H2,1-6H3. The molecule has 0 aliphatic heterocycles. The molecule has 0 saturated heterocycles. The van der Waals surface area contributed by atoms with Crippen LogP contribution in [0.3, 0.4) is 0 Å². The minimum atomic E-state index is 0.392. The second-order valence-electron chi connectivity index (χ2n) is 5.74. The highest BCUT2D eigenvalue weighted by atomic mass is 14.4. The van der Waals surface area contributed by atoms with E-state index in [4.69, 9.17) is 0 Å². The molecule has 0 saturated carbocycles. The maximum absolute atomic E-state index is 2.39. The Hall–Kier alpha value is -0.780. The highest BCUT2D eigenvalue weighted by molar-refractivity contribution is 5.55. The summed E-state index contributed by atoms with van der Waals surface area (Å²) in [5, 5.41) is 0. The van der Waals surface area contributed by atoms with E-state index in [1.165, 1.54) is 29.5 Å². The van der Waals surface area contributed by atoms with Crippen molar-refractivity contribution in [3.8, 4) is 0 Å². The highest BCUT2D eigenvalue weighted by Gasteiger charge is 2.33. The SMILES string of the molecule is Cc1c(C)c(C)c2c(c1C)CCC2(C)C. The van der Waals surface area contributed by atoms with Crippen LogP contribution in [0, 0.1) is 27.7 Å². The first-order chi connectivity index (χ1) is 6.86. The third-order valence-electron chi connectivity index (χ3n) is 4.49. The van der Waals surface area contributed by atoms with Gasteiger partial charge in [0.2, 0.25) is 0 Å². The zero-order valence-electron chi connectivity index (χ0n) is 10.9. The summed E-state index contributed by atoms with van der Waals surface area (Å²) in [4.78, 5) is 0. The van der Waals surface area contributed by atoms with Crippen molar-refractivity contribution < 1.29 is 0 Å². The first-order valence-corrected chi connectivity index (χ1v) is 5.96. The van der Waals surface area contributed by atoms with Crippen molar-refractivity contribution in [3.05, 3.63) is 33.4 Å². The van der Waals surface area contributed by atoms with Gasteiger partial charge in [-0.3, -0.25) is 0 Å². The average molecular weight is 202 g/mol. The molecule has 1 aliphatic carbocycles. The number of rotatable bonds is 0. The molecule has 0 aromatic heterocycles. The van der Waals surface area contributed by atoms with Crippen LogP contribution >= 0.6 is 0 Å². The molecule has 1 aromatic carbocycles. The van der Waals surface area contributed by atoms with Crippen molar-refractivity contribution in [3.63, 3.8) is 0 Å². The van der Waals surface area contributed by atoms with Gasteiger partial charge in [-0.2, -0.15) is 0 Å². The second-order valence-corrected chi connectivity index (χ2v) is 5.74. The molecular formula is C15H22. The fraction of sp³-hybridized carbons (Fsp3) is 0.600. The number of fused-ring (bicyclic) bond motifs is 1. The topological polar surface area (TPSA) is 0 Å². The lowest BCUT2D eigenvalue weighted by Crippen LogP contribution is -2.15. The van der Waals surface area contributed by atoms with E-state index in [0.29, 0.717) is 5.41 Å². The summed E-state index contributed by atoms with van der Waals surface area (Å²) in [5.41, 5.74) is 9.76. The van der Waals surface area contributed by atoms with Crippen LogP contribution in [0.1, 0.15) is 53.6 Å². The summed E-state index contributed by atoms with van der Waals surface area (Å²) < 4.78 is 0. The van der Waals surface area contributed by atoms with Crippen molar-refractivity contribution in [1.29, 1.82) is 0 Å². The first kappa shape index (κ1) is 10.7. The smallest absolute Gasteiger partial charge is 0.00948 e. The maximum atomic E-state index is 2.39. The van der Waals surface area contributed by atoms with Crippen molar-refractivity contribution in [2.24, 2.45) is 0 Å². The molecule has 0 heteroatoms.